The zero-order valence-electron chi connectivity index (χ0n) is 10.2. The van der Waals surface area contributed by atoms with Gasteiger partial charge in [-0.05, 0) is 25.7 Å². The molecule has 3 rings (SSSR count). The summed E-state index contributed by atoms with van der Waals surface area (Å²) in [5, 5.41) is 9.62. The Kier molecular flexibility index (Phi) is 2.69. The predicted octanol–water partition coefficient (Wildman–Crippen LogP) is -0.0471. The molecule has 2 bridgehead atoms. The normalized spacial score (nSPS) is 32.3. The number of likely N-dealkylation sites (tertiary alicyclic amines) is 1. The minimum absolute atomic E-state index is 0.0923. The van der Waals surface area contributed by atoms with Crippen molar-refractivity contribution in [1.29, 1.82) is 0 Å². The average molecular weight is 254 g/mol. The predicted molar refractivity (Wildman–Crippen MR) is 61.8 cm³/mol. The van der Waals surface area contributed by atoms with Crippen molar-refractivity contribution in [3.8, 4) is 0 Å². The van der Waals surface area contributed by atoms with Gasteiger partial charge in [0.2, 0.25) is 6.41 Å². The Labute approximate surface area is 105 Å². The van der Waals surface area contributed by atoms with Gasteiger partial charge in [-0.1, -0.05) is 0 Å². The molecule has 2 aliphatic heterocycles. The number of piperazine rings is 1. The highest BCUT2D eigenvalue weighted by molar-refractivity contribution is 5.68. The van der Waals surface area contributed by atoms with E-state index in [1.165, 1.54) is 0 Å². The second-order valence-electron chi connectivity index (χ2n) is 5.62. The molecule has 1 N–H and O–H groups in total. The molecule has 6 heteroatoms. The van der Waals surface area contributed by atoms with Gasteiger partial charge in [-0.2, -0.15) is 0 Å². The molecular weight excluding hydrogens is 236 g/mol. The van der Waals surface area contributed by atoms with Gasteiger partial charge in [-0.3, -0.25) is 4.79 Å². The van der Waals surface area contributed by atoms with Crippen molar-refractivity contribution < 1.29 is 19.4 Å². The Morgan fingerprint density at radius 2 is 1.94 bits per heavy atom. The molecule has 0 aromatic rings. The Bertz CT molecular complexity index is 355. The van der Waals surface area contributed by atoms with Crippen LogP contribution >= 0.6 is 0 Å². The van der Waals surface area contributed by atoms with E-state index in [0.717, 1.165) is 19.3 Å². The van der Waals surface area contributed by atoms with Gasteiger partial charge >= 0.3 is 6.09 Å². The second kappa shape index (κ2) is 4.12. The van der Waals surface area contributed by atoms with Crippen molar-refractivity contribution >= 4 is 12.5 Å². The highest BCUT2D eigenvalue weighted by Gasteiger charge is 2.44. The first-order valence-corrected chi connectivity index (χ1v) is 6.48. The van der Waals surface area contributed by atoms with Gasteiger partial charge in [0.25, 0.3) is 0 Å². The van der Waals surface area contributed by atoms with Crippen molar-refractivity contribution in [2.24, 2.45) is 0 Å². The lowest BCUT2D eigenvalue weighted by atomic mass is 10.2. The Morgan fingerprint density at radius 3 is 2.44 bits per heavy atom. The largest absolute Gasteiger partial charge is 0.446 e. The fourth-order valence-corrected chi connectivity index (χ4v) is 2.83. The summed E-state index contributed by atoms with van der Waals surface area (Å²) < 4.78 is 5.13. The number of hydrogen-bond donors (Lipinski definition) is 1. The summed E-state index contributed by atoms with van der Waals surface area (Å²) in [6, 6.07) is 0.274. The molecule has 0 radical (unpaired) electrons. The lowest BCUT2D eigenvalue weighted by Gasteiger charge is -2.38. The first-order valence-electron chi connectivity index (χ1n) is 6.48. The second-order valence-corrected chi connectivity index (χ2v) is 5.62. The molecule has 2 heterocycles. The third-order valence-electron chi connectivity index (χ3n) is 4.21. The molecule has 3 aliphatic rings. The van der Waals surface area contributed by atoms with E-state index in [0.29, 0.717) is 25.9 Å². The van der Waals surface area contributed by atoms with Crippen LogP contribution < -0.4 is 0 Å². The van der Waals surface area contributed by atoms with Crippen LogP contribution in [0.5, 0.6) is 0 Å². The molecule has 0 aromatic carbocycles. The van der Waals surface area contributed by atoms with Crippen molar-refractivity contribution in [1.82, 2.24) is 9.80 Å². The number of carbonyl (C=O) groups excluding carboxylic acids is 2. The molecule has 100 valence electrons. The van der Waals surface area contributed by atoms with E-state index in [4.69, 9.17) is 4.74 Å². The third-order valence-corrected chi connectivity index (χ3v) is 4.21. The summed E-state index contributed by atoms with van der Waals surface area (Å²) in [5.74, 6) is 0. The van der Waals surface area contributed by atoms with Gasteiger partial charge in [-0.15, -0.1) is 0 Å². The van der Waals surface area contributed by atoms with Gasteiger partial charge in [-0.25, -0.2) is 4.79 Å². The van der Waals surface area contributed by atoms with Gasteiger partial charge in [0.15, 0.2) is 0 Å². The van der Waals surface area contributed by atoms with Crippen LogP contribution in [0.15, 0.2) is 0 Å². The van der Waals surface area contributed by atoms with Gasteiger partial charge in [0, 0.05) is 25.2 Å². The van der Waals surface area contributed by atoms with Crippen LogP contribution in [0.2, 0.25) is 0 Å². The summed E-state index contributed by atoms with van der Waals surface area (Å²) in [6.45, 7) is 1.19. The van der Waals surface area contributed by atoms with E-state index < -0.39 is 5.60 Å². The summed E-state index contributed by atoms with van der Waals surface area (Å²) in [7, 11) is 0. The minimum atomic E-state index is -0.765. The lowest BCUT2D eigenvalue weighted by Crippen LogP contribution is -2.55. The molecular formula is C12H18N2O4. The highest BCUT2D eigenvalue weighted by Crippen LogP contribution is 2.35. The van der Waals surface area contributed by atoms with E-state index in [1.807, 2.05) is 4.90 Å². The molecule has 2 atom stereocenters. The van der Waals surface area contributed by atoms with Gasteiger partial charge in [0.05, 0.1) is 5.60 Å². The van der Waals surface area contributed by atoms with Crippen LogP contribution in [0.3, 0.4) is 0 Å². The number of ether oxygens (including phenoxy) is 1. The van der Waals surface area contributed by atoms with Crippen molar-refractivity contribution in [3.05, 3.63) is 0 Å². The molecule has 3 fully saturated rings. The van der Waals surface area contributed by atoms with E-state index >= 15 is 0 Å². The summed E-state index contributed by atoms with van der Waals surface area (Å²) >= 11 is 0. The van der Waals surface area contributed by atoms with Crippen molar-refractivity contribution in [3.63, 3.8) is 0 Å². The molecule has 18 heavy (non-hydrogen) atoms. The smallest absolute Gasteiger partial charge is 0.410 e. The molecule has 1 saturated carbocycles. The van der Waals surface area contributed by atoms with Crippen LogP contribution in [0, 0.1) is 0 Å². The molecule has 0 aromatic heterocycles. The maximum Gasteiger partial charge on any atom is 0.410 e. The van der Waals surface area contributed by atoms with Crippen LogP contribution in [0.4, 0.5) is 4.79 Å². The molecule has 6 nitrogen and oxygen atoms in total. The molecule has 2 amide bonds. The first-order chi connectivity index (χ1) is 8.61. The van der Waals surface area contributed by atoms with E-state index in [2.05, 4.69) is 0 Å². The summed E-state index contributed by atoms with van der Waals surface area (Å²) in [5.41, 5.74) is -0.765. The van der Waals surface area contributed by atoms with Gasteiger partial charge in [0.1, 0.15) is 6.61 Å². The molecule has 1 aliphatic carbocycles. The van der Waals surface area contributed by atoms with Crippen molar-refractivity contribution in [2.75, 3.05) is 19.7 Å². The number of carbonyl (C=O) groups is 2. The van der Waals surface area contributed by atoms with Crippen LogP contribution in [0.1, 0.15) is 25.7 Å². The SMILES string of the molecule is O=CN1[C@@H]2CC[C@H]1CN(C(=O)OCC1(O)CC1)C2. The number of nitrogens with zero attached hydrogens (tertiary/aromatic N) is 2. The highest BCUT2D eigenvalue weighted by atomic mass is 16.6. The zero-order valence-corrected chi connectivity index (χ0v) is 10.2. The fraction of sp³-hybridized carbons (Fsp3) is 0.833. The average Bonchev–Trinajstić information content (AvgIpc) is 3.05. The third kappa shape index (κ3) is 2.05. The topological polar surface area (TPSA) is 70.1 Å². The minimum Gasteiger partial charge on any atom is -0.446 e. The van der Waals surface area contributed by atoms with E-state index in [-0.39, 0.29) is 24.8 Å². The number of fused-ring (bicyclic) bond motifs is 2. The number of aliphatic hydroxyl groups is 1. The Hall–Kier alpha value is -1.30. The molecule has 0 unspecified atom stereocenters. The van der Waals surface area contributed by atoms with Crippen molar-refractivity contribution in [2.45, 2.75) is 43.4 Å². The fourth-order valence-electron chi connectivity index (χ4n) is 2.83. The number of hydrogen-bond acceptors (Lipinski definition) is 4. The van der Waals surface area contributed by atoms with E-state index in [9.17, 15) is 14.7 Å². The van der Waals surface area contributed by atoms with Crippen LogP contribution in [-0.4, -0.2) is 64.8 Å². The number of rotatable bonds is 3. The summed E-state index contributed by atoms with van der Waals surface area (Å²) in [6.07, 6.45) is 3.86. The zero-order chi connectivity index (χ0) is 12.8. The monoisotopic (exact) mass is 254 g/mol. The quantitative estimate of drug-likeness (QED) is 0.717. The van der Waals surface area contributed by atoms with Gasteiger partial charge < -0.3 is 19.6 Å². The standard InChI is InChI=1S/C12H18N2O4/c15-8-14-9-1-2-10(14)6-13(5-9)11(16)18-7-12(17)3-4-12/h8-10,17H,1-7H2/t9-,10+. The first kappa shape index (κ1) is 11.8. The lowest BCUT2D eigenvalue weighted by molar-refractivity contribution is -0.123. The van der Waals surface area contributed by atoms with Crippen LogP contribution in [0.25, 0.3) is 0 Å². The summed E-state index contributed by atoms with van der Waals surface area (Å²) in [4.78, 5) is 26.3. The Balaban J connectivity index is 1.54. The number of amides is 2. The maximum atomic E-state index is 11.9. The molecule has 0 spiro atoms. The Morgan fingerprint density at radius 1 is 1.33 bits per heavy atom. The van der Waals surface area contributed by atoms with Crippen LogP contribution in [-0.2, 0) is 9.53 Å². The molecule has 2 saturated heterocycles. The maximum absolute atomic E-state index is 11.9. The van der Waals surface area contributed by atoms with E-state index in [1.54, 1.807) is 4.90 Å².